The minimum atomic E-state index is -4.27. The summed E-state index contributed by atoms with van der Waals surface area (Å²) < 4.78 is 33.7. The Kier molecular flexibility index (Phi) is 4.94. The summed E-state index contributed by atoms with van der Waals surface area (Å²) in [6, 6.07) is 0. The van der Waals surface area contributed by atoms with Crippen LogP contribution in [0.4, 0.5) is 0 Å². The summed E-state index contributed by atoms with van der Waals surface area (Å²) >= 11 is 0. The SMILES string of the molecule is CCCCC(=O)OC(C)S(=O)(=O)O. The molecular formula is C7H14O5S. The van der Waals surface area contributed by atoms with E-state index in [4.69, 9.17) is 4.55 Å². The summed E-state index contributed by atoms with van der Waals surface area (Å²) in [5.41, 5.74) is -1.48. The zero-order valence-electron chi connectivity index (χ0n) is 7.69. The number of unbranched alkanes of at least 4 members (excludes halogenated alkanes) is 1. The second-order valence-corrected chi connectivity index (χ2v) is 4.37. The van der Waals surface area contributed by atoms with Crippen LogP contribution in [0, 0.1) is 0 Å². The molecule has 0 aliphatic carbocycles. The molecule has 0 aromatic heterocycles. The number of ether oxygens (including phenoxy) is 1. The van der Waals surface area contributed by atoms with E-state index in [1.165, 1.54) is 0 Å². The van der Waals surface area contributed by atoms with Gasteiger partial charge < -0.3 is 4.74 Å². The zero-order chi connectivity index (χ0) is 10.5. The van der Waals surface area contributed by atoms with Crippen molar-refractivity contribution in [1.82, 2.24) is 0 Å². The van der Waals surface area contributed by atoms with Gasteiger partial charge in [0.25, 0.3) is 0 Å². The molecule has 0 bridgehead atoms. The monoisotopic (exact) mass is 210 g/mol. The molecule has 1 N–H and O–H groups in total. The summed E-state index contributed by atoms with van der Waals surface area (Å²) in [4.78, 5) is 10.9. The molecule has 0 amide bonds. The van der Waals surface area contributed by atoms with E-state index in [-0.39, 0.29) is 6.42 Å². The van der Waals surface area contributed by atoms with Crippen molar-refractivity contribution in [3.8, 4) is 0 Å². The van der Waals surface area contributed by atoms with Crippen molar-refractivity contribution in [2.45, 2.75) is 38.5 Å². The Hall–Kier alpha value is -0.620. The maximum atomic E-state index is 10.9. The average molecular weight is 210 g/mol. The van der Waals surface area contributed by atoms with E-state index in [9.17, 15) is 13.2 Å². The quantitative estimate of drug-likeness (QED) is 0.539. The molecule has 0 rings (SSSR count). The van der Waals surface area contributed by atoms with Gasteiger partial charge >= 0.3 is 16.1 Å². The predicted molar refractivity (Wildman–Crippen MR) is 46.6 cm³/mol. The normalized spacial score (nSPS) is 13.8. The smallest absolute Gasteiger partial charge is 0.307 e. The van der Waals surface area contributed by atoms with Crippen LogP contribution in [0.2, 0.25) is 0 Å². The van der Waals surface area contributed by atoms with Gasteiger partial charge in [0, 0.05) is 6.42 Å². The maximum Gasteiger partial charge on any atom is 0.307 e. The van der Waals surface area contributed by atoms with Crippen molar-refractivity contribution in [2.75, 3.05) is 0 Å². The van der Waals surface area contributed by atoms with Crippen molar-refractivity contribution in [2.24, 2.45) is 0 Å². The number of carbonyl (C=O) groups is 1. The van der Waals surface area contributed by atoms with Gasteiger partial charge in [0.1, 0.15) is 0 Å². The van der Waals surface area contributed by atoms with Crippen LogP contribution in [-0.4, -0.2) is 24.4 Å². The molecule has 13 heavy (non-hydrogen) atoms. The van der Waals surface area contributed by atoms with Crippen molar-refractivity contribution in [3.63, 3.8) is 0 Å². The first-order chi connectivity index (χ1) is 5.88. The van der Waals surface area contributed by atoms with E-state index in [1.54, 1.807) is 0 Å². The molecular weight excluding hydrogens is 196 g/mol. The highest BCUT2D eigenvalue weighted by atomic mass is 32.2. The summed E-state index contributed by atoms with van der Waals surface area (Å²) in [7, 11) is -4.27. The lowest BCUT2D eigenvalue weighted by Crippen LogP contribution is -2.23. The van der Waals surface area contributed by atoms with E-state index in [0.717, 1.165) is 13.3 Å². The number of esters is 1. The molecule has 0 aliphatic heterocycles. The molecule has 0 saturated heterocycles. The molecule has 0 aromatic rings. The van der Waals surface area contributed by atoms with Crippen molar-refractivity contribution in [1.29, 1.82) is 0 Å². The summed E-state index contributed by atoms with van der Waals surface area (Å²) in [5, 5.41) is 0. The van der Waals surface area contributed by atoms with Crippen LogP contribution in [0.15, 0.2) is 0 Å². The molecule has 6 heteroatoms. The molecule has 0 aliphatic rings. The van der Waals surface area contributed by atoms with Gasteiger partial charge in [0.15, 0.2) is 0 Å². The Labute approximate surface area is 77.8 Å². The Bertz CT molecular complexity index is 256. The van der Waals surface area contributed by atoms with Gasteiger partial charge in [-0.15, -0.1) is 0 Å². The highest BCUT2D eigenvalue weighted by Gasteiger charge is 2.20. The Morgan fingerprint density at radius 3 is 2.46 bits per heavy atom. The molecule has 0 saturated carbocycles. The Balaban J connectivity index is 3.93. The van der Waals surface area contributed by atoms with Gasteiger partial charge in [-0.1, -0.05) is 13.3 Å². The van der Waals surface area contributed by atoms with Crippen molar-refractivity contribution >= 4 is 16.1 Å². The van der Waals surface area contributed by atoms with Crippen LogP contribution < -0.4 is 0 Å². The molecule has 78 valence electrons. The first kappa shape index (κ1) is 12.4. The third kappa shape index (κ3) is 5.59. The Morgan fingerprint density at radius 2 is 2.08 bits per heavy atom. The first-order valence-corrected chi connectivity index (χ1v) is 5.54. The van der Waals surface area contributed by atoms with E-state index >= 15 is 0 Å². The Morgan fingerprint density at radius 1 is 1.54 bits per heavy atom. The zero-order valence-corrected chi connectivity index (χ0v) is 8.50. The largest absolute Gasteiger partial charge is 0.444 e. The number of rotatable bonds is 5. The van der Waals surface area contributed by atoms with Crippen LogP contribution >= 0.6 is 0 Å². The summed E-state index contributed by atoms with van der Waals surface area (Å²) in [6.07, 6.45) is 1.66. The molecule has 0 aromatic carbocycles. The number of hydrogen-bond acceptors (Lipinski definition) is 4. The third-order valence-corrected chi connectivity index (χ3v) is 2.39. The van der Waals surface area contributed by atoms with Crippen molar-refractivity contribution < 1.29 is 22.5 Å². The van der Waals surface area contributed by atoms with E-state index in [2.05, 4.69) is 4.74 Å². The van der Waals surface area contributed by atoms with Crippen LogP contribution in [0.25, 0.3) is 0 Å². The van der Waals surface area contributed by atoms with E-state index in [1.807, 2.05) is 6.92 Å². The van der Waals surface area contributed by atoms with E-state index < -0.39 is 21.5 Å². The van der Waals surface area contributed by atoms with Gasteiger partial charge in [-0.25, -0.2) is 0 Å². The number of carbonyl (C=O) groups excluding carboxylic acids is 1. The standard InChI is InChI=1S/C7H14O5S/c1-3-4-5-7(8)12-6(2)13(9,10)11/h6H,3-5H2,1-2H3,(H,9,10,11). The summed E-state index contributed by atoms with van der Waals surface area (Å²) in [6.45, 7) is 3.01. The molecule has 1 unspecified atom stereocenters. The fourth-order valence-electron chi connectivity index (χ4n) is 0.626. The van der Waals surface area contributed by atoms with Gasteiger partial charge in [-0.3, -0.25) is 9.35 Å². The lowest BCUT2D eigenvalue weighted by Gasteiger charge is -2.09. The highest BCUT2D eigenvalue weighted by molar-refractivity contribution is 7.86. The third-order valence-electron chi connectivity index (χ3n) is 1.45. The lowest BCUT2D eigenvalue weighted by molar-refractivity contribution is -0.145. The average Bonchev–Trinajstić information content (AvgIpc) is 1.99. The second-order valence-electron chi connectivity index (χ2n) is 2.68. The lowest BCUT2D eigenvalue weighted by atomic mass is 10.2. The predicted octanol–water partition coefficient (Wildman–Crippen LogP) is 0.954. The molecule has 0 heterocycles. The molecule has 5 nitrogen and oxygen atoms in total. The van der Waals surface area contributed by atoms with Crippen LogP contribution in [-0.2, 0) is 19.6 Å². The van der Waals surface area contributed by atoms with Crippen LogP contribution in [0.5, 0.6) is 0 Å². The van der Waals surface area contributed by atoms with Crippen LogP contribution in [0.1, 0.15) is 33.1 Å². The van der Waals surface area contributed by atoms with Crippen molar-refractivity contribution in [3.05, 3.63) is 0 Å². The van der Waals surface area contributed by atoms with Gasteiger partial charge in [0.05, 0.1) is 0 Å². The van der Waals surface area contributed by atoms with Crippen LogP contribution in [0.3, 0.4) is 0 Å². The molecule has 0 fully saturated rings. The maximum absolute atomic E-state index is 10.9. The molecule has 1 atom stereocenters. The molecule has 0 radical (unpaired) electrons. The second kappa shape index (κ2) is 5.18. The fourth-order valence-corrected chi connectivity index (χ4v) is 0.855. The van der Waals surface area contributed by atoms with Gasteiger partial charge in [0.2, 0.25) is 5.44 Å². The highest BCUT2D eigenvalue weighted by Crippen LogP contribution is 2.04. The number of hydrogen-bond donors (Lipinski definition) is 1. The summed E-state index contributed by atoms with van der Waals surface area (Å²) in [5.74, 6) is -0.605. The minimum Gasteiger partial charge on any atom is -0.444 e. The first-order valence-electron chi connectivity index (χ1n) is 4.03. The van der Waals surface area contributed by atoms with E-state index in [0.29, 0.717) is 6.42 Å². The van der Waals surface area contributed by atoms with Gasteiger partial charge in [-0.2, -0.15) is 8.42 Å². The topological polar surface area (TPSA) is 80.7 Å². The fraction of sp³-hybridized carbons (Fsp3) is 0.857. The minimum absolute atomic E-state index is 0.177. The van der Waals surface area contributed by atoms with Gasteiger partial charge in [-0.05, 0) is 13.3 Å². The molecule has 0 spiro atoms.